The van der Waals surface area contributed by atoms with Crippen LogP contribution >= 0.6 is 0 Å². The molecule has 19 heavy (non-hydrogen) atoms. The Balaban J connectivity index is 2.54. The SMILES string of the molecule is CCCC(C)(C)Nc1ccc(COC(=O)CC)cc1. The Hall–Kier alpha value is -1.51. The molecule has 106 valence electrons. The van der Waals surface area contributed by atoms with E-state index in [4.69, 9.17) is 4.74 Å². The Kier molecular flexibility index (Phi) is 5.87. The Labute approximate surface area is 116 Å². The summed E-state index contributed by atoms with van der Waals surface area (Å²) in [6.07, 6.45) is 2.71. The Bertz CT molecular complexity index is 396. The van der Waals surface area contributed by atoms with Gasteiger partial charge in [-0.25, -0.2) is 0 Å². The lowest BCUT2D eigenvalue weighted by Gasteiger charge is -2.27. The van der Waals surface area contributed by atoms with Gasteiger partial charge in [0, 0.05) is 17.6 Å². The van der Waals surface area contributed by atoms with E-state index in [1.807, 2.05) is 24.3 Å². The van der Waals surface area contributed by atoms with E-state index in [0.717, 1.165) is 24.1 Å². The first-order valence-corrected chi connectivity index (χ1v) is 6.99. The quantitative estimate of drug-likeness (QED) is 0.752. The van der Waals surface area contributed by atoms with Crippen molar-refractivity contribution in [3.8, 4) is 0 Å². The molecule has 0 heterocycles. The third kappa shape index (κ3) is 5.77. The van der Waals surface area contributed by atoms with Crippen molar-refractivity contribution in [1.29, 1.82) is 0 Å². The number of anilines is 1. The number of rotatable bonds is 7. The molecule has 0 amide bonds. The van der Waals surface area contributed by atoms with E-state index in [1.54, 1.807) is 6.92 Å². The summed E-state index contributed by atoms with van der Waals surface area (Å²) in [7, 11) is 0. The van der Waals surface area contributed by atoms with Crippen molar-refractivity contribution in [2.45, 2.75) is 59.1 Å². The number of benzene rings is 1. The molecule has 0 aliphatic heterocycles. The van der Waals surface area contributed by atoms with Crippen LogP contribution in [0.5, 0.6) is 0 Å². The lowest BCUT2D eigenvalue weighted by Crippen LogP contribution is -2.30. The molecule has 1 rings (SSSR count). The van der Waals surface area contributed by atoms with Gasteiger partial charge in [-0.3, -0.25) is 4.79 Å². The van der Waals surface area contributed by atoms with Gasteiger partial charge in [0.05, 0.1) is 0 Å². The van der Waals surface area contributed by atoms with E-state index in [-0.39, 0.29) is 11.5 Å². The molecule has 1 aromatic rings. The van der Waals surface area contributed by atoms with Gasteiger partial charge < -0.3 is 10.1 Å². The van der Waals surface area contributed by atoms with Gasteiger partial charge in [0.15, 0.2) is 0 Å². The van der Waals surface area contributed by atoms with Gasteiger partial charge in [0.2, 0.25) is 0 Å². The van der Waals surface area contributed by atoms with Gasteiger partial charge in [-0.1, -0.05) is 32.4 Å². The number of hydrogen-bond acceptors (Lipinski definition) is 3. The van der Waals surface area contributed by atoms with Crippen LogP contribution in [0.15, 0.2) is 24.3 Å². The number of ether oxygens (including phenoxy) is 1. The maximum atomic E-state index is 11.1. The topological polar surface area (TPSA) is 38.3 Å². The number of hydrogen-bond donors (Lipinski definition) is 1. The van der Waals surface area contributed by atoms with Gasteiger partial charge in [-0.2, -0.15) is 0 Å². The largest absolute Gasteiger partial charge is 0.461 e. The second-order valence-corrected chi connectivity index (χ2v) is 5.47. The zero-order valence-corrected chi connectivity index (χ0v) is 12.5. The van der Waals surface area contributed by atoms with Crippen molar-refractivity contribution in [3.05, 3.63) is 29.8 Å². The van der Waals surface area contributed by atoms with E-state index in [0.29, 0.717) is 13.0 Å². The van der Waals surface area contributed by atoms with E-state index < -0.39 is 0 Å². The van der Waals surface area contributed by atoms with E-state index in [1.165, 1.54) is 0 Å². The molecule has 0 unspecified atom stereocenters. The van der Waals surface area contributed by atoms with E-state index >= 15 is 0 Å². The highest BCUT2D eigenvalue weighted by Crippen LogP contribution is 2.20. The lowest BCUT2D eigenvalue weighted by molar-refractivity contribution is -0.144. The molecule has 1 aromatic carbocycles. The molecule has 0 aliphatic rings. The molecule has 0 atom stereocenters. The summed E-state index contributed by atoms with van der Waals surface area (Å²) in [5, 5.41) is 3.51. The summed E-state index contributed by atoms with van der Waals surface area (Å²) in [5.74, 6) is -0.161. The normalized spacial score (nSPS) is 11.2. The fraction of sp³-hybridized carbons (Fsp3) is 0.562. The maximum Gasteiger partial charge on any atom is 0.305 e. The molecule has 0 fully saturated rings. The molecule has 0 aliphatic carbocycles. The van der Waals surface area contributed by atoms with E-state index in [2.05, 4.69) is 26.1 Å². The first-order chi connectivity index (χ1) is 8.96. The monoisotopic (exact) mass is 263 g/mol. The van der Waals surface area contributed by atoms with Crippen molar-refractivity contribution in [2.24, 2.45) is 0 Å². The minimum atomic E-state index is -0.161. The molecule has 0 aromatic heterocycles. The van der Waals surface area contributed by atoms with Gasteiger partial charge >= 0.3 is 5.97 Å². The highest BCUT2D eigenvalue weighted by Gasteiger charge is 2.15. The minimum absolute atomic E-state index is 0.102. The number of carbonyl (C=O) groups excluding carboxylic acids is 1. The molecule has 0 spiro atoms. The summed E-state index contributed by atoms with van der Waals surface area (Å²) >= 11 is 0. The molecule has 0 saturated heterocycles. The van der Waals surface area contributed by atoms with Crippen molar-refractivity contribution in [2.75, 3.05) is 5.32 Å². The standard InChI is InChI=1S/C16H25NO2/c1-5-11-16(3,4)17-14-9-7-13(8-10-14)12-19-15(18)6-2/h7-10,17H,5-6,11-12H2,1-4H3. The third-order valence-electron chi connectivity index (χ3n) is 3.00. The molecule has 3 heteroatoms. The smallest absolute Gasteiger partial charge is 0.305 e. The Morgan fingerprint density at radius 2 is 1.84 bits per heavy atom. The van der Waals surface area contributed by atoms with Crippen molar-refractivity contribution in [1.82, 2.24) is 0 Å². The molecule has 0 bridgehead atoms. The molecular formula is C16H25NO2. The van der Waals surface area contributed by atoms with Crippen LogP contribution in [0, 0.1) is 0 Å². The Morgan fingerprint density at radius 1 is 1.21 bits per heavy atom. The molecule has 3 nitrogen and oxygen atoms in total. The fourth-order valence-electron chi connectivity index (χ4n) is 2.03. The minimum Gasteiger partial charge on any atom is -0.461 e. The number of esters is 1. The maximum absolute atomic E-state index is 11.1. The van der Waals surface area contributed by atoms with Crippen molar-refractivity contribution >= 4 is 11.7 Å². The third-order valence-corrected chi connectivity index (χ3v) is 3.00. The summed E-state index contributed by atoms with van der Waals surface area (Å²) in [4.78, 5) is 11.1. The van der Waals surface area contributed by atoms with Crippen LogP contribution in [0.2, 0.25) is 0 Å². The summed E-state index contributed by atoms with van der Waals surface area (Å²) in [6, 6.07) is 8.06. The lowest BCUT2D eigenvalue weighted by atomic mass is 9.98. The highest BCUT2D eigenvalue weighted by molar-refractivity contribution is 5.68. The zero-order chi connectivity index (χ0) is 14.3. The average molecular weight is 263 g/mol. The Morgan fingerprint density at radius 3 is 2.37 bits per heavy atom. The van der Waals surface area contributed by atoms with Crippen LogP contribution in [0.25, 0.3) is 0 Å². The van der Waals surface area contributed by atoms with Crippen LogP contribution < -0.4 is 5.32 Å². The van der Waals surface area contributed by atoms with Gasteiger partial charge in [-0.15, -0.1) is 0 Å². The second-order valence-electron chi connectivity index (χ2n) is 5.47. The van der Waals surface area contributed by atoms with Crippen molar-refractivity contribution < 1.29 is 9.53 Å². The van der Waals surface area contributed by atoms with Crippen LogP contribution in [-0.2, 0) is 16.1 Å². The number of nitrogens with one attached hydrogen (secondary N) is 1. The van der Waals surface area contributed by atoms with E-state index in [9.17, 15) is 4.79 Å². The summed E-state index contributed by atoms with van der Waals surface area (Å²) in [6.45, 7) is 8.74. The highest BCUT2D eigenvalue weighted by atomic mass is 16.5. The average Bonchev–Trinajstić information content (AvgIpc) is 2.37. The number of carbonyl (C=O) groups is 1. The van der Waals surface area contributed by atoms with Crippen molar-refractivity contribution in [3.63, 3.8) is 0 Å². The molecule has 0 radical (unpaired) electrons. The first-order valence-electron chi connectivity index (χ1n) is 6.99. The van der Waals surface area contributed by atoms with Crippen LogP contribution in [0.1, 0.15) is 52.5 Å². The van der Waals surface area contributed by atoms with Crippen LogP contribution in [0.4, 0.5) is 5.69 Å². The molecule has 0 saturated carbocycles. The summed E-state index contributed by atoms with van der Waals surface area (Å²) in [5.41, 5.74) is 2.22. The van der Waals surface area contributed by atoms with Gasteiger partial charge in [-0.05, 0) is 38.0 Å². The zero-order valence-electron chi connectivity index (χ0n) is 12.5. The van der Waals surface area contributed by atoms with Crippen LogP contribution in [0.3, 0.4) is 0 Å². The predicted molar refractivity (Wildman–Crippen MR) is 79.1 cm³/mol. The second kappa shape index (κ2) is 7.17. The first kappa shape index (κ1) is 15.5. The van der Waals surface area contributed by atoms with Gasteiger partial charge in [0.1, 0.15) is 6.61 Å². The molecule has 1 N–H and O–H groups in total. The summed E-state index contributed by atoms with van der Waals surface area (Å²) < 4.78 is 5.10. The predicted octanol–water partition coefficient (Wildman–Crippen LogP) is 4.13. The van der Waals surface area contributed by atoms with Crippen LogP contribution in [-0.4, -0.2) is 11.5 Å². The fourth-order valence-corrected chi connectivity index (χ4v) is 2.03. The van der Waals surface area contributed by atoms with Gasteiger partial charge in [0.25, 0.3) is 0 Å². The molecular weight excluding hydrogens is 238 g/mol.